The molecule has 0 saturated heterocycles. The number of aromatic nitrogens is 2. The van der Waals surface area contributed by atoms with Crippen LogP contribution in [0.5, 0.6) is 0 Å². The summed E-state index contributed by atoms with van der Waals surface area (Å²) in [4.78, 5) is 37.5. The number of hydrogen-bond acceptors (Lipinski definition) is 7. The summed E-state index contributed by atoms with van der Waals surface area (Å²) in [6, 6.07) is 11.7. The molecule has 0 fully saturated rings. The molecule has 2 aromatic carbocycles. The lowest BCUT2D eigenvalue weighted by molar-refractivity contribution is -0.119. The van der Waals surface area contributed by atoms with E-state index in [1.165, 1.54) is 7.05 Å². The molecule has 0 atom stereocenters. The van der Waals surface area contributed by atoms with Crippen LogP contribution < -0.4 is 10.9 Å². The molecule has 3 rings (SSSR count). The number of carbonyl (C=O) groups is 2. The van der Waals surface area contributed by atoms with Crippen molar-refractivity contribution in [2.75, 3.05) is 11.9 Å². The highest BCUT2D eigenvalue weighted by molar-refractivity contribution is 8.03. The number of benzene rings is 2. The number of esters is 1. The predicted molar refractivity (Wildman–Crippen MR) is 109 cm³/mol. The summed E-state index contributed by atoms with van der Waals surface area (Å²) < 4.78 is 6.15. The van der Waals surface area contributed by atoms with Gasteiger partial charge in [0.15, 0.2) is 12.3 Å². The van der Waals surface area contributed by atoms with Crippen LogP contribution in [0, 0.1) is 17.6 Å². The van der Waals surface area contributed by atoms with E-state index in [0.717, 1.165) is 26.9 Å². The first kappa shape index (κ1) is 20.1. The van der Waals surface area contributed by atoms with Crippen LogP contribution in [-0.4, -0.2) is 28.3 Å². The Bertz CT molecular complexity index is 1210. The van der Waals surface area contributed by atoms with E-state index in [4.69, 9.17) is 10.00 Å². The zero-order valence-corrected chi connectivity index (χ0v) is 16.4. The van der Waals surface area contributed by atoms with Gasteiger partial charge in [-0.25, -0.2) is 9.48 Å². The average molecular weight is 408 g/mol. The molecule has 1 heterocycles. The number of carbonyl (C=O) groups excluding carboxylic acids is 2. The normalized spacial score (nSPS) is 10.4. The second kappa shape index (κ2) is 8.58. The second-order valence-electron chi connectivity index (χ2n) is 6.12. The van der Waals surface area contributed by atoms with Gasteiger partial charge in [0.2, 0.25) is 0 Å². The summed E-state index contributed by atoms with van der Waals surface area (Å²) in [5.41, 5.74) is 0.961. The van der Waals surface area contributed by atoms with E-state index in [2.05, 4.69) is 10.4 Å². The third kappa shape index (κ3) is 4.44. The van der Waals surface area contributed by atoms with Crippen molar-refractivity contribution in [3.05, 3.63) is 64.1 Å². The van der Waals surface area contributed by atoms with Crippen molar-refractivity contribution >= 4 is 40.1 Å². The van der Waals surface area contributed by atoms with Crippen LogP contribution in [-0.2, 0) is 16.6 Å². The lowest BCUT2D eigenvalue weighted by Gasteiger charge is -2.10. The molecule has 9 heteroatoms. The molecule has 0 spiro atoms. The molecule has 3 aromatic rings. The third-order valence-corrected chi connectivity index (χ3v) is 4.70. The predicted octanol–water partition coefficient (Wildman–Crippen LogP) is 2.61. The second-order valence-corrected chi connectivity index (χ2v) is 6.98. The smallest absolute Gasteiger partial charge is 0.359 e. The molecule has 0 aliphatic carbocycles. The zero-order chi connectivity index (χ0) is 21.0. The van der Waals surface area contributed by atoms with E-state index < -0.39 is 18.5 Å². The Morgan fingerprint density at radius 1 is 1.24 bits per heavy atom. The molecule has 1 N–H and O–H groups in total. The molecule has 29 heavy (non-hydrogen) atoms. The molecule has 0 aliphatic rings. The summed E-state index contributed by atoms with van der Waals surface area (Å²) in [6.45, 7) is 1.29. The van der Waals surface area contributed by atoms with Crippen molar-refractivity contribution in [1.29, 1.82) is 5.26 Å². The molecule has 0 saturated carbocycles. The molecule has 146 valence electrons. The fraction of sp³-hybridized carbons (Fsp3) is 0.150. The number of amides is 1. The first-order valence-electron chi connectivity index (χ1n) is 8.50. The molecule has 0 aliphatic heterocycles. The number of fused-ring (bicyclic) bond motifs is 1. The van der Waals surface area contributed by atoms with Gasteiger partial charge in [0, 0.05) is 23.0 Å². The Morgan fingerprint density at radius 2 is 1.97 bits per heavy atom. The van der Waals surface area contributed by atoms with E-state index in [1.807, 2.05) is 5.40 Å². The summed E-state index contributed by atoms with van der Waals surface area (Å²) in [5, 5.41) is 18.0. The Labute approximate surface area is 170 Å². The fourth-order valence-corrected chi connectivity index (χ4v) is 3.21. The third-order valence-electron chi connectivity index (χ3n) is 4.12. The van der Waals surface area contributed by atoms with Gasteiger partial charge in [-0.3, -0.25) is 9.59 Å². The number of nitrogens with zero attached hydrogens (tertiary/aromatic N) is 3. The molecule has 0 unspecified atom stereocenters. The summed E-state index contributed by atoms with van der Waals surface area (Å²) in [6.07, 6.45) is 0. The van der Waals surface area contributed by atoms with Crippen molar-refractivity contribution in [2.24, 2.45) is 7.05 Å². The molecular formula is C20H16N4O4S. The minimum absolute atomic E-state index is 0.0374. The number of nitriles is 1. The van der Waals surface area contributed by atoms with Crippen molar-refractivity contribution in [2.45, 2.75) is 11.8 Å². The largest absolute Gasteiger partial charge is 0.451 e. The molecular weight excluding hydrogens is 392 g/mol. The lowest BCUT2D eigenvalue weighted by atomic mass is 10.1. The van der Waals surface area contributed by atoms with Crippen LogP contribution in [0.4, 0.5) is 5.69 Å². The molecule has 8 nitrogen and oxygen atoms in total. The molecule has 0 radical (unpaired) electrons. The monoisotopic (exact) mass is 408 g/mol. The molecule has 1 amide bonds. The minimum atomic E-state index is -0.801. The number of thiocyanates is 1. The van der Waals surface area contributed by atoms with Gasteiger partial charge in [0.1, 0.15) is 5.40 Å². The van der Waals surface area contributed by atoms with Crippen LogP contribution in [0.3, 0.4) is 0 Å². The van der Waals surface area contributed by atoms with Crippen LogP contribution >= 0.6 is 11.8 Å². The quantitative estimate of drug-likeness (QED) is 0.392. The Morgan fingerprint density at radius 3 is 2.66 bits per heavy atom. The molecule has 0 bridgehead atoms. The van der Waals surface area contributed by atoms with E-state index >= 15 is 0 Å². The fourth-order valence-electron chi connectivity index (χ4n) is 2.73. The van der Waals surface area contributed by atoms with Crippen molar-refractivity contribution in [3.8, 4) is 5.40 Å². The van der Waals surface area contributed by atoms with Gasteiger partial charge >= 0.3 is 5.97 Å². The van der Waals surface area contributed by atoms with Crippen LogP contribution in [0.2, 0.25) is 0 Å². The van der Waals surface area contributed by atoms with Crippen molar-refractivity contribution in [3.63, 3.8) is 0 Å². The van der Waals surface area contributed by atoms with Crippen molar-refractivity contribution < 1.29 is 14.3 Å². The van der Waals surface area contributed by atoms with E-state index in [9.17, 15) is 14.4 Å². The average Bonchev–Trinajstić information content (AvgIpc) is 2.71. The number of aryl methyl sites for hydroxylation is 2. The number of hydrogen-bond donors (Lipinski definition) is 1. The highest BCUT2D eigenvalue weighted by atomic mass is 32.2. The van der Waals surface area contributed by atoms with Gasteiger partial charge in [0.05, 0.1) is 5.39 Å². The standard InChI is InChI=1S/C20H16N4O4S/c1-12-9-13(29-11-21)7-8-16(12)22-17(25)10-28-20(27)18-14-5-3-4-6-15(14)19(26)24(2)23-18/h3-9H,10H2,1-2H3,(H,22,25). The van der Waals surface area contributed by atoms with Gasteiger partial charge < -0.3 is 10.1 Å². The Hall–Kier alpha value is -3.64. The number of ether oxygens (including phenoxy) is 1. The zero-order valence-electron chi connectivity index (χ0n) is 15.6. The van der Waals surface area contributed by atoms with Crippen molar-refractivity contribution in [1.82, 2.24) is 9.78 Å². The Kier molecular flexibility index (Phi) is 5.95. The first-order valence-corrected chi connectivity index (χ1v) is 9.32. The lowest BCUT2D eigenvalue weighted by Crippen LogP contribution is -2.26. The minimum Gasteiger partial charge on any atom is -0.451 e. The van der Waals surface area contributed by atoms with E-state index in [-0.39, 0.29) is 11.3 Å². The van der Waals surface area contributed by atoms with Crippen LogP contribution in [0.15, 0.2) is 52.2 Å². The van der Waals surface area contributed by atoms with Gasteiger partial charge in [-0.15, -0.1) is 0 Å². The highest BCUT2D eigenvalue weighted by Crippen LogP contribution is 2.23. The maximum Gasteiger partial charge on any atom is 0.359 e. The number of thioether (sulfide) groups is 1. The maximum atomic E-state index is 12.4. The maximum absolute atomic E-state index is 12.4. The van der Waals surface area contributed by atoms with Gasteiger partial charge in [-0.2, -0.15) is 10.4 Å². The topological polar surface area (TPSA) is 114 Å². The summed E-state index contributed by atoms with van der Waals surface area (Å²) in [7, 11) is 1.44. The van der Waals surface area contributed by atoms with Gasteiger partial charge in [-0.05, 0) is 48.5 Å². The molecule has 1 aromatic heterocycles. The summed E-state index contributed by atoms with van der Waals surface area (Å²) >= 11 is 1.02. The number of nitrogens with one attached hydrogen (secondary N) is 1. The van der Waals surface area contributed by atoms with Crippen LogP contribution in [0.25, 0.3) is 10.8 Å². The number of anilines is 1. The Balaban J connectivity index is 1.71. The highest BCUT2D eigenvalue weighted by Gasteiger charge is 2.18. The summed E-state index contributed by atoms with van der Waals surface area (Å²) in [5.74, 6) is -1.32. The van der Waals surface area contributed by atoms with Gasteiger partial charge in [0.25, 0.3) is 11.5 Å². The first-order chi connectivity index (χ1) is 13.9. The van der Waals surface area contributed by atoms with Gasteiger partial charge in [-0.1, -0.05) is 18.2 Å². The van der Waals surface area contributed by atoms with E-state index in [0.29, 0.717) is 16.5 Å². The SMILES string of the molecule is Cc1cc(SC#N)ccc1NC(=O)COC(=O)c1nn(C)c(=O)c2ccccc12. The number of rotatable bonds is 5. The van der Waals surface area contributed by atoms with Crippen LogP contribution in [0.1, 0.15) is 16.1 Å². The van der Waals surface area contributed by atoms with E-state index in [1.54, 1.807) is 49.4 Å².